The van der Waals surface area contributed by atoms with Crippen LogP contribution in [0.25, 0.3) is 0 Å². The van der Waals surface area contributed by atoms with Crippen molar-refractivity contribution in [2.45, 2.75) is 31.8 Å². The van der Waals surface area contributed by atoms with Gasteiger partial charge in [0.15, 0.2) is 0 Å². The van der Waals surface area contributed by atoms with Crippen molar-refractivity contribution < 1.29 is 4.74 Å². The molecule has 1 unspecified atom stereocenters. The third-order valence-corrected chi connectivity index (χ3v) is 3.41. The quantitative estimate of drug-likeness (QED) is 0.863. The zero-order chi connectivity index (χ0) is 13.0. The molecule has 0 amide bonds. The van der Waals surface area contributed by atoms with E-state index in [1.54, 1.807) is 7.11 Å². The van der Waals surface area contributed by atoms with E-state index in [1.165, 1.54) is 30.5 Å². The molecule has 3 heteroatoms. The molecule has 1 saturated heterocycles. The fraction of sp³-hybridized carbons (Fsp3) is 0.600. The van der Waals surface area contributed by atoms with E-state index >= 15 is 0 Å². The van der Waals surface area contributed by atoms with Crippen molar-refractivity contribution in [1.29, 1.82) is 0 Å². The maximum Gasteiger partial charge on any atom is 0.119 e. The SMILES string of the molecule is COc1cc(CC2CCCN2)cc(CN(C)C)c1. The highest BCUT2D eigenvalue weighted by Gasteiger charge is 2.15. The van der Waals surface area contributed by atoms with Gasteiger partial charge in [0.1, 0.15) is 5.75 Å². The first kappa shape index (κ1) is 13.4. The molecule has 1 fully saturated rings. The molecule has 1 aromatic rings. The summed E-state index contributed by atoms with van der Waals surface area (Å²) in [6.07, 6.45) is 3.71. The molecule has 18 heavy (non-hydrogen) atoms. The van der Waals surface area contributed by atoms with E-state index in [0.29, 0.717) is 6.04 Å². The van der Waals surface area contributed by atoms with Crippen LogP contribution in [0.4, 0.5) is 0 Å². The second-order valence-electron chi connectivity index (χ2n) is 5.42. The van der Waals surface area contributed by atoms with Crippen molar-refractivity contribution in [2.24, 2.45) is 0 Å². The number of methoxy groups -OCH3 is 1. The summed E-state index contributed by atoms with van der Waals surface area (Å²) in [4.78, 5) is 2.19. The Morgan fingerprint density at radius 2 is 2.06 bits per heavy atom. The van der Waals surface area contributed by atoms with Gasteiger partial charge in [0.25, 0.3) is 0 Å². The van der Waals surface area contributed by atoms with E-state index in [2.05, 4.69) is 42.5 Å². The summed E-state index contributed by atoms with van der Waals surface area (Å²) in [5.41, 5.74) is 2.71. The lowest BCUT2D eigenvalue weighted by Gasteiger charge is -2.15. The van der Waals surface area contributed by atoms with Gasteiger partial charge in [-0.15, -0.1) is 0 Å². The van der Waals surface area contributed by atoms with Crippen LogP contribution in [0.15, 0.2) is 18.2 Å². The molecule has 1 aromatic carbocycles. The molecular formula is C15H24N2O. The van der Waals surface area contributed by atoms with E-state index < -0.39 is 0 Å². The van der Waals surface area contributed by atoms with Gasteiger partial charge in [-0.2, -0.15) is 0 Å². The van der Waals surface area contributed by atoms with Gasteiger partial charge in [0.2, 0.25) is 0 Å². The van der Waals surface area contributed by atoms with E-state index in [-0.39, 0.29) is 0 Å². The van der Waals surface area contributed by atoms with Crippen molar-refractivity contribution >= 4 is 0 Å². The summed E-state index contributed by atoms with van der Waals surface area (Å²) < 4.78 is 5.40. The molecule has 0 spiro atoms. The zero-order valence-corrected chi connectivity index (χ0v) is 11.7. The minimum absolute atomic E-state index is 0.643. The summed E-state index contributed by atoms with van der Waals surface area (Å²) >= 11 is 0. The van der Waals surface area contributed by atoms with Crippen molar-refractivity contribution in [2.75, 3.05) is 27.7 Å². The van der Waals surface area contributed by atoms with Crippen LogP contribution in [0.5, 0.6) is 5.75 Å². The minimum atomic E-state index is 0.643. The number of rotatable bonds is 5. The number of hydrogen-bond acceptors (Lipinski definition) is 3. The first-order valence-electron chi connectivity index (χ1n) is 6.72. The minimum Gasteiger partial charge on any atom is -0.497 e. The smallest absolute Gasteiger partial charge is 0.119 e. The topological polar surface area (TPSA) is 24.5 Å². The predicted octanol–water partition coefficient (Wildman–Crippen LogP) is 2.05. The van der Waals surface area contributed by atoms with Gasteiger partial charge >= 0.3 is 0 Å². The molecule has 0 radical (unpaired) electrons. The highest BCUT2D eigenvalue weighted by atomic mass is 16.5. The van der Waals surface area contributed by atoms with Gasteiger partial charge in [0.05, 0.1) is 7.11 Å². The van der Waals surface area contributed by atoms with Crippen molar-refractivity contribution in [3.8, 4) is 5.75 Å². The fourth-order valence-corrected chi connectivity index (χ4v) is 2.64. The molecule has 0 aliphatic carbocycles. The van der Waals surface area contributed by atoms with Crippen LogP contribution in [0.3, 0.4) is 0 Å². The van der Waals surface area contributed by atoms with Gasteiger partial charge < -0.3 is 15.0 Å². The molecule has 1 atom stereocenters. The first-order valence-corrected chi connectivity index (χ1v) is 6.72. The number of hydrogen-bond donors (Lipinski definition) is 1. The van der Waals surface area contributed by atoms with Crippen LogP contribution in [0.2, 0.25) is 0 Å². The van der Waals surface area contributed by atoms with Crippen LogP contribution >= 0.6 is 0 Å². The Hall–Kier alpha value is -1.06. The van der Waals surface area contributed by atoms with Crippen LogP contribution in [0, 0.1) is 0 Å². The van der Waals surface area contributed by atoms with Crippen molar-refractivity contribution in [1.82, 2.24) is 10.2 Å². The van der Waals surface area contributed by atoms with Crippen LogP contribution < -0.4 is 10.1 Å². The Bertz CT molecular complexity index is 384. The third-order valence-electron chi connectivity index (χ3n) is 3.41. The Kier molecular flexibility index (Phi) is 4.61. The molecule has 0 bridgehead atoms. The third kappa shape index (κ3) is 3.72. The summed E-state index contributed by atoms with van der Waals surface area (Å²) in [6, 6.07) is 7.25. The molecular weight excluding hydrogens is 224 g/mol. The molecule has 0 aromatic heterocycles. The maximum absolute atomic E-state index is 5.40. The molecule has 1 N–H and O–H groups in total. The molecule has 3 nitrogen and oxygen atoms in total. The Balaban J connectivity index is 2.11. The summed E-state index contributed by atoms with van der Waals surface area (Å²) in [5, 5.41) is 3.55. The highest BCUT2D eigenvalue weighted by molar-refractivity contribution is 5.35. The lowest BCUT2D eigenvalue weighted by molar-refractivity contribution is 0.394. The molecule has 2 rings (SSSR count). The van der Waals surface area contributed by atoms with Gasteiger partial charge in [-0.3, -0.25) is 0 Å². The van der Waals surface area contributed by atoms with Crippen LogP contribution in [0.1, 0.15) is 24.0 Å². The van der Waals surface area contributed by atoms with E-state index in [4.69, 9.17) is 4.74 Å². The summed E-state index contributed by atoms with van der Waals surface area (Å²) in [7, 11) is 5.93. The lowest BCUT2D eigenvalue weighted by Crippen LogP contribution is -2.23. The molecule has 1 heterocycles. The van der Waals surface area contributed by atoms with Gasteiger partial charge in [-0.1, -0.05) is 6.07 Å². The number of benzene rings is 1. The molecule has 100 valence electrons. The highest BCUT2D eigenvalue weighted by Crippen LogP contribution is 2.21. The average Bonchev–Trinajstić information content (AvgIpc) is 2.80. The second-order valence-corrected chi connectivity index (χ2v) is 5.42. The zero-order valence-electron chi connectivity index (χ0n) is 11.7. The summed E-state index contributed by atoms with van der Waals surface area (Å²) in [5.74, 6) is 0.974. The van der Waals surface area contributed by atoms with Gasteiger partial charge in [0, 0.05) is 12.6 Å². The Labute approximate surface area is 110 Å². The Morgan fingerprint density at radius 3 is 2.67 bits per heavy atom. The largest absolute Gasteiger partial charge is 0.497 e. The number of ether oxygens (including phenoxy) is 1. The van der Waals surface area contributed by atoms with Gasteiger partial charge in [-0.05, 0) is 63.2 Å². The lowest BCUT2D eigenvalue weighted by atomic mass is 10.0. The van der Waals surface area contributed by atoms with Crippen molar-refractivity contribution in [3.05, 3.63) is 29.3 Å². The van der Waals surface area contributed by atoms with E-state index in [1.807, 2.05) is 0 Å². The van der Waals surface area contributed by atoms with E-state index in [9.17, 15) is 0 Å². The monoisotopic (exact) mass is 248 g/mol. The molecule has 1 aliphatic heterocycles. The first-order chi connectivity index (χ1) is 8.67. The molecule has 1 aliphatic rings. The molecule has 0 saturated carbocycles. The average molecular weight is 248 g/mol. The normalized spacial score (nSPS) is 19.4. The van der Waals surface area contributed by atoms with Gasteiger partial charge in [-0.25, -0.2) is 0 Å². The predicted molar refractivity (Wildman–Crippen MR) is 75.1 cm³/mol. The van der Waals surface area contributed by atoms with E-state index in [0.717, 1.165) is 18.7 Å². The standard InChI is InChI=1S/C15H24N2O/c1-17(2)11-13-7-12(9-15(10-13)18-3)8-14-5-4-6-16-14/h7,9-10,14,16H,4-6,8,11H2,1-3H3. The number of nitrogens with one attached hydrogen (secondary N) is 1. The number of nitrogens with zero attached hydrogens (tertiary/aromatic N) is 1. The van der Waals surface area contributed by atoms with Crippen LogP contribution in [-0.2, 0) is 13.0 Å². The Morgan fingerprint density at radius 1 is 1.28 bits per heavy atom. The van der Waals surface area contributed by atoms with Crippen LogP contribution in [-0.4, -0.2) is 38.7 Å². The summed E-state index contributed by atoms with van der Waals surface area (Å²) in [6.45, 7) is 2.13. The fourth-order valence-electron chi connectivity index (χ4n) is 2.64. The maximum atomic E-state index is 5.40. The van der Waals surface area contributed by atoms with Crippen molar-refractivity contribution in [3.63, 3.8) is 0 Å². The second kappa shape index (κ2) is 6.21.